The molecule has 314 valence electrons. The van der Waals surface area contributed by atoms with E-state index >= 15 is 0 Å². The van der Waals surface area contributed by atoms with E-state index in [1.807, 2.05) is 38.4 Å². The van der Waals surface area contributed by atoms with E-state index in [2.05, 4.69) is 26.3 Å². The number of rotatable bonds is 18. The first kappa shape index (κ1) is 42.7. The number of nitrogens with one attached hydrogen (secondary N) is 2. The van der Waals surface area contributed by atoms with E-state index in [4.69, 9.17) is 37.5 Å². The Morgan fingerprint density at radius 3 is 2.58 bits per heavy atom. The number of carbonyl (C=O) groups is 2. The molecule has 59 heavy (non-hydrogen) atoms. The van der Waals surface area contributed by atoms with E-state index in [0.717, 1.165) is 0 Å². The van der Waals surface area contributed by atoms with Crippen LogP contribution in [0.25, 0.3) is 11.2 Å². The Morgan fingerprint density at radius 1 is 1.15 bits per heavy atom. The summed E-state index contributed by atoms with van der Waals surface area (Å²) >= 11 is 0. The number of benzene rings is 2. The van der Waals surface area contributed by atoms with Crippen molar-refractivity contribution >= 4 is 43.4 Å². The molecule has 2 N–H and O–H groups in total. The zero-order valence-electron chi connectivity index (χ0n) is 32.8. The van der Waals surface area contributed by atoms with Gasteiger partial charge in [0, 0.05) is 18.5 Å². The SMILES string of the molecule is CC(OC(=O)OC[C@H]1O[C@@H](n2cnc3c(=O)[nH]c(NC(=O)COc4ccccc4)nc32)C[C@@H]1OP(OCCC#N)N(C(C)C)C(C)C)c1cc2c(cc1[N+](=O)[O-])OCO2. The van der Waals surface area contributed by atoms with E-state index < -0.39 is 62.2 Å². The first-order chi connectivity index (χ1) is 28.3. The second kappa shape index (κ2) is 19.2. The van der Waals surface area contributed by atoms with Crippen LogP contribution >= 0.6 is 8.53 Å². The fraction of sp³-hybridized carbons (Fsp3) is 0.459. The van der Waals surface area contributed by atoms with E-state index in [1.54, 1.807) is 24.3 Å². The van der Waals surface area contributed by atoms with Gasteiger partial charge in [0.15, 0.2) is 29.3 Å². The number of imidazole rings is 1. The minimum absolute atomic E-state index is 0.0343. The number of amides is 1. The Bertz CT molecular complexity index is 2220. The highest BCUT2D eigenvalue weighted by Crippen LogP contribution is 2.50. The predicted molar refractivity (Wildman–Crippen MR) is 207 cm³/mol. The normalized spacial score (nSPS) is 18.2. The highest BCUT2D eigenvalue weighted by atomic mass is 31.2. The number of hydrogen-bond donors (Lipinski definition) is 2. The average Bonchev–Trinajstić information content (AvgIpc) is 3.94. The Balaban J connectivity index is 1.22. The lowest BCUT2D eigenvalue weighted by atomic mass is 10.1. The predicted octanol–water partition coefficient (Wildman–Crippen LogP) is 5.64. The van der Waals surface area contributed by atoms with Crippen molar-refractivity contribution in [1.82, 2.24) is 24.2 Å². The number of nitro benzene ring substituents is 1. The van der Waals surface area contributed by atoms with Crippen LogP contribution in [0.1, 0.15) is 65.4 Å². The van der Waals surface area contributed by atoms with Crippen molar-refractivity contribution in [2.45, 2.75) is 84.1 Å². The van der Waals surface area contributed by atoms with Crippen molar-refractivity contribution in [2.75, 3.05) is 31.9 Å². The topological polar surface area (TPSA) is 254 Å². The first-order valence-electron chi connectivity index (χ1n) is 18.6. The van der Waals surface area contributed by atoms with Gasteiger partial charge in [-0.3, -0.25) is 34.6 Å². The molecule has 1 saturated heterocycles. The molecule has 2 aromatic carbocycles. The second-order valence-electron chi connectivity index (χ2n) is 13.8. The van der Waals surface area contributed by atoms with Crippen LogP contribution in [0.15, 0.2) is 53.6 Å². The van der Waals surface area contributed by atoms with Crippen molar-refractivity contribution in [3.63, 3.8) is 0 Å². The molecule has 5 atom stereocenters. The van der Waals surface area contributed by atoms with Gasteiger partial charge in [-0.05, 0) is 52.8 Å². The second-order valence-corrected chi connectivity index (χ2v) is 15.2. The van der Waals surface area contributed by atoms with Gasteiger partial charge in [-0.1, -0.05) is 18.2 Å². The summed E-state index contributed by atoms with van der Waals surface area (Å²) in [5.74, 6) is 0.199. The van der Waals surface area contributed by atoms with Crippen LogP contribution in [0.3, 0.4) is 0 Å². The van der Waals surface area contributed by atoms with Gasteiger partial charge in [0.05, 0.1) is 48.1 Å². The number of carbonyl (C=O) groups excluding carboxylic acids is 2. The maximum absolute atomic E-state index is 13.1. The minimum Gasteiger partial charge on any atom is -0.484 e. The van der Waals surface area contributed by atoms with Gasteiger partial charge < -0.3 is 37.5 Å². The molecule has 2 unspecified atom stereocenters. The van der Waals surface area contributed by atoms with Gasteiger partial charge in [0.25, 0.3) is 25.7 Å². The summed E-state index contributed by atoms with van der Waals surface area (Å²) in [6.45, 7) is 8.60. The van der Waals surface area contributed by atoms with Crippen molar-refractivity contribution in [1.29, 1.82) is 5.26 Å². The summed E-state index contributed by atoms with van der Waals surface area (Å²) in [6.07, 6.45) is -3.32. The van der Waals surface area contributed by atoms with E-state index in [9.17, 15) is 29.8 Å². The summed E-state index contributed by atoms with van der Waals surface area (Å²) in [4.78, 5) is 61.4. The fourth-order valence-corrected chi connectivity index (χ4v) is 8.15. The lowest BCUT2D eigenvalue weighted by Gasteiger charge is -2.37. The Hall–Kier alpha value is -5.91. The largest absolute Gasteiger partial charge is 0.508 e. The molecule has 1 amide bonds. The number of aromatic amines is 1. The van der Waals surface area contributed by atoms with Gasteiger partial charge in [-0.15, -0.1) is 0 Å². The molecule has 4 heterocycles. The highest BCUT2D eigenvalue weighted by molar-refractivity contribution is 7.44. The van der Waals surface area contributed by atoms with Crippen LogP contribution in [0, 0.1) is 21.4 Å². The molecule has 6 rings (SSSR count). The average molecular weight is 839 g/mol. The number of H-pyrrole nitrogens is 1. The number of hydrogen-bond acceptors (Lipinski definition) is 17. The van der Waals surface area contributed by atoms with Gasteiger partial charge in [0.2, 0.25) is 12.7 Å². The summed E-state index contributed by atoms with van der Waals surface area (Å²) in [5.41, 5.74) is -0.858. The summed E-state index contributed by atoms with van der Waals surface area (Å²) in [6, 6.07) is 13.3. The number of para-hydroxylation sites is 1. The number of ether oxygens (including phenoxy) is 6. The lowest BCUT2D eigenvalue weighted by molar-refractivity contribution is -0.386. The van der Waals surface area contributed by atoms with E-state index in [1.165, 1.54) is 30.0 Å². The molecule has 4 aromatic rings. The standard InChI is InChI=1S/C37H43N8O13P/c1-21(2)44(22(3)4)59(55-13-9-12-38)58-29-16-32(43-19-39-33-34(43)41-36(42-35(33)47)40-31(46)18-51-24-10-7-6-8-11-24)57-30(29)17-52-37(48)56-23(5)25-14-27-28(54-20-53-27)15-26(25)45(49)50/h6-8,10-11,14-15,19,21-23,29-30,32H,9,13,16-18,20H2,1-5H3,(H2,40,41,42,46,47)/t23?,29-,30+,32+,59?/m0/s1. The van der Waals surface area contributed by atoms with E-state index in [0.29, 0.717) is 5.75 Å². The maximum atomic E-state index is 13.1. The molecule has 21 nitrogen and oxygen atoms in total. The number of fused-ring (bicyclic) bond motifs is 2. The number of nitrogens with zero attached hydrogens (tertiary/aromatic N) is 6. The maximum Gasteiger partial charge on any atom is 0.508 e. The Morgan fingerprint density at radius 2 is 1.88 bits per heavy atom. The van der Waals surface area contributed by atoms with Crippen molar-refractivity contribution in [2.24, 2.45) is 0 Å². The number of anilines is 1. The Labute approximate surface area is 338 Å². The van der Waals surface area contributed by atoms with Crippen LogP contribution < -0.4 is 25.1 Å². The molecule has 2 aromatic heterocycles. The third kappa shape index (κ3) is 10.4. The van der Waals surface area contributed by atoms with E-state index in [-0.39, 0.29) is 84.8 Å². The van der Waals surface area contributed by atoms with Crippen molar-refractivity contribution in [3.05, 3.63) is 74.8 Å². The summed E-state index contributed by atoms with van der Waals surface area (Å²) in [5, 5.41) is 23.6. The third-order valence-corrected chi connectivity index (χ3v) is 11.1. The monoisotopic (exact) mass is 838 g/mol. The smallest absolute Gasteiger partial charge is 0.484 e. The molecule has 0 saturated carbocycles. The van der Waals surface area contributed by atoms with Crippen LogP contribution in [0.4, 0.5) is 16.4 Å². The van der Waals surface area contributed by atoms with Gasteiger partial charge in [-0.2, -0.15) is 10.2 Å². The molecule has 2 aliphatic rings. The van der Waals surface area contributed by atoms with Crippen molar-refractivity contribution in [3.8, 4) is 23.3 Å². The number of nitro groups is 1. The molecule has 0 aliphatic carbocycles. The third-order valence-electron chi connectivity index (χ3n) is 8.98. The lowest BCUT2D eigenvalue weighted by Crippen LogP contribution is -2.37. The van der Waals surface area contributed by atoms with Crippen LogP contribution in [-0.4, -0.2) is 92.1 Å². The summed E-state index contributed by atoms with van der Waals surface area (Å²) < 4.78 is 49.8. The number of nitriles is 1. The molecule has 0 spiro atoms. The molecule has 22 heteroatoms. The molecule has 2 aliphatic heterocycles. The van der Waals surface area contributed by atoms with Gasteiger partial charge in [-0.25, -0.2) is 14.4 Å². The first-order valence-corrected chi connectivity index (χ1v) is 19.7. The summed E-state index contributed by atoms with van der Waals surface area (Å²) in [7, 11) is -1.80. The van der Waals surface area contributed by atoms with Crippen LogP contribution in [0.2, 0.25) is 0 Å². The fourth-order valence-electron chi connectivity index (χ4n) is 6.39. The molecular formula is C37H43N8O13P. The van der Waals surface area contributed by atoms with Crippen LogP contribution in [-0.2, 0) is 28.1 Å². The zero-order valence-corrected chi connectivity index (χ0v) is 33.7. The van der Waals surface area contributed by atoms with Crippen molar-refractivity contribution < 1.29 is 52.0 Å². The molecule has 0 bridgehead atoms. The van der Waals surface area contributed by atoms with Gasteiger partial charge >= 0.3 is 6.16 Å². The zero-order chi connectivity index (χ0) is 42.2. The minimum atomic E-state index is -1.80. The Kier molecular flexibility index (Phi) is 13.9. The quantitative estimate of drug-likeness (QED) is 0.0404. The highest BCUT2D eigenvalue weighted by Gasteiger charge is 2.43. The van der Waals surface area contributed by atoms with Gasteiger partial charge in [0.1, 0.15) is 30.8 Å². The molecule has 1 fully saturated rings. The number of aromatic nitrogens is 4. The molecular weight excluding hydrogens is 795 g/mol. The van der Waals surface area contributed by atoms with Crippen LogP contribution in [0.5, 0.6) is 17.2 Å². The molecule has 0 radical (unpaired) electrons.